The smallest absolute Gasteiger partial charge is 0.252 e. The summed E-state index contributed by atoms with van der Waals surface area (Å²) >= 11 is 1.27. The zero-order valence-electron chi connectivity index (χ0n) is 15.3. The van der Waals surface area contributed by atoms with Crippen LogP contribution in [-0.2, 0) is 14.8 Å². The summed E-state index contributed by atoms with van der Waals surface area (Å²) in [6, 6.07) is 9.25. The number of amides is 1. The number of anilines is 1. The molecule has 2 heterocycles. The van der Waals surface area contributed by atoms with Crippen LogP contribution >= 0.6 is 11.3 Å². The zero-order chi connectivity index (χ0) is 18.9. The fourth-order valence-corrected chi connectivity index (χ4v) is 6.14. The molecule has 1 fully saturated rings. The number of nitrogens with one attached hydrogen (secondary N) is 1. The summed E-state index contributed by atoms with van der Waals surface area (Å²) in [5.41, 5.74) is 2.95. The molecule has 1 unspecified atom stereocenters. The molecule has 0 spiro atoms. The van der Waals surface area contributed by atoms with Gasteiger partial charge in [0.25, 0.3) is 10.0 Å². The first-order valence-corrected chi connectivity index (χ1v) is 11.0. The SMILES string of the molecule is Cc1ccc(S(=O)(=O)N2CCCC(C(=O)Nc3cccc(C)c3C)C2)s1. The Labute approximate surface area is 159 Å². The lowest BCUT2D eigenvalue weighted by Gasteiger charge is -2.31. The molecule has 1 saturated heterocycles. The molecule has 1 aliphatic heterocycles. The van der Waals surface area contributed by atoms with Gasteiger partial charge in [0.1, 0.15) is 4.21 Å². The van der Waals surface area contributed by atoms with Crippen LogP contribution in [0.2, 0.25) is 0 Å². The van der Waals surface area contributed by atoms with Crippen molar-refractivity contribution < 1.29 is 13.2 Å². The van der Waals surface area contributed by atoms with Crippen LogP contribution in [0.5, 0.6) is 0 Å². The lowest BCUT2D eigenvalue weighted by atomic mass is 9.98. The summed E-state index contributed by atoms with van der Waals surface area (Å²) in [6.45, 7) is 6.56. The third kappa shape index (κ3) is 3.84. The first-order chi connectivity index (χ1) is 12.3. The number of hydrogen-bond donors (Lipinski definition) is 1. The van der Waals surface area contributed by atoms with Crippen molar-refractivity contribution in [3.8, 4) is 0 Å². The normalized spacial score (nSPS) is 18.7. The van der Waals surface area contributed by atoms with Crippen LogP contribution in [0.15, 0.2) is 34.5 Å². The van der Waals surface area contributed by atoms with E-state index < -0.39 is 10.0 Å². The second-order valence-electron chi connectivity index (χ2n) is 6.80. The third-order valence-corrected chi connectivity index (χ3v) is 8.26. The van der Waals surface area contributed by atoms with E-state index in [4.69, 9.17) is 0 Å². The van der Waals surface area contributed by atoms with Gasteiger partial charge in [-0.15, -0.1) is 11.3 Å². The highest BCUT2D eigenvalue weighted by Gasteiger charge is 2.34. The maximum atomic E-state index is 12.8. The monoisotopic (exact) mass is 392 g/mol. The Morgan fingerprint density at radius 3 is 2.65 bits per heavy atom. The van der Waals surface area contributed by atoms with Crippen LogP contribution in [0.3, 0.4) is 0 Å². The number of rotatable bonds is 4. The highest BCUT2D eigenvalue weighted by molar-refractivity contribution is 7.91. The average Bonchev–Trinajstić information content (AvgIpc) is 3.06. The number of piperidine rings is 1. The topological polar surface area (TPSA) is 66.5 Å². The Morgan fingerprint density at radius 2 is 1.96 bits per heavy atom. The molecule has 1 N–H and O–H groups in total. The van der Waals surface area contributed by atoms with Gasteiger partial charge in [0.2, 0.25) is 5.91 Å². The van der Waals surface area contributed by atoms with Gasteiger partial charge in [0.15, 0.2) is 0 Å². The quantitative estimate of drug-likeness (QED) is 0.862. The van der Waals surface area contributed by atoms with E-state index in [1.54, 1.807) is 6.07 Å². The van der Waals surface area contributed by atoms with E-state index in [0.29, 0.717) is 23.6 Å². The van der Waals surface area contributed by atoms with Gasteiger partial charge in [-0.25, -0.2) is 8.42 Å². The number of aryl methyl sites for hydroxylation is 2. The van der Waals surface area contributed by atoms with Gasteiger partial charge in [0.05, 0.1) is 5.92 Å². The second kappa shape index (κ2) is 7.50. The average molecular weight is 393 g/mol. The van der Waals surface area contributed by atoms with Gasteiger partial charge >= 0.3 is 0 Å². The van der Waals surface area contributed by atoms with Crippen LogP contribution < -0.4 is 5.32 Å². The van der Waals surface area contributed by atoms with Gasteiger partial charge < -0.3 is 5.32 Å². The Kier molecular flexibility index (Phi) is 5.50. The molecule has 0 saturated carbocycles. The van der Waals surface area contributed by atoms with E-state index in [-0.39, 0.29) is 18.4 Å². The van der Waals surface area contributed by atoms with Crippen molar-refractivity contribution in [2.24, 2.45) is 5.92 Å². The van der Waals surface area contributed by atoms with Gasteiger partial charge in [-0.05, 0) is 62.9 Å². The van der Waals surface area contributed by atoms with Crippen molar-refractivity contribution in [3.63, 3.8) is 0 Å². The van der Waals surface area contributed by atoms with Gasteiger partial charge in [-0.1, -0.05) is 12.1 Å². The molecule has 140 valence electrons. The van der Waals surface area contributed by atoms with Gasteiger partial charge in [0, 0.05) is 23.7 Å². The van der Waals surface area contributed by atoms with E-state index in [2.05, 4.69) is 5.32 Å². The molecule has 1 aromatic carbocycles. The molecule has 0 bridgehead atoms. The predicted octanol–water partition coefficient (Wildman–Crippen LogP) is 3.71. The van der Waals surface area contributed by atoms with Crippen LogP contribution in [0.4, 0.5) is 5.69 Å². The minimum absolute atomic E-state index is 0.110. The molecule has 1 aliphatic rings. The van der Waals surface area contributed by atoms with Crippen molar-refractivity contribution in [1.29, 1.82) is 0 Å². The van der Waals surface area contributed by atoms with Crippen molar-refractivity contribution >= 4 is 33.0 Å². The summed E-state index contributed by atoms with van der Waals surface area (Å²) < 4.78 is 27.5. The largest absolute Gasteiger partial charge is 0.326 e. The van der Waals surface area contributed by atoms with Crippen molar-refractivity contribution in [3.05, 3.63) is 46.3 Å². The molecule has 0 aliphatic carbocycles. The molecule has 3 rings (SSSR count). The Hall–Kier alpha value is -1.70. The number of carbonyl (C=O) groups excluding carboxylic acids is 1. The van der Waals surface area contributed by atoms with Crippen molar-refractivity contribution in [2.45, 2.75) is 37.8 Å². The van der Waals surface area contributed by atoms with Crippen LogP contribution in [0.1, 0.15) is 28.8 Å². The number of nitrogens with zero attached hydrogens (tertiary/aromatic N) is 1. The number of carbonyl (C=O) groups is 1. The summed E-state index contributed by atoms with van der Waals surface area (Å²) in [6.07, 6.45) is 1.39. The van der Waals surface area contributed by atoms with Crippen LogP contribution in [-0.4, -0.2) is 31.7 Å². The van der Waals surface area contributed by atoms with E-state index in [1.165, 1.54) is 15.6 Å². The first-order valence-electron chi connectivity index (χ1n) is 8.72. The summed E-state index contributed by atoms with van der Waals surface area (Å²) in [7, 11) is -3.52. The van der Waals surface area contributed by atoms with Crippen LogP contribution in [0, 0.1) is 26.7 Å². The maximum Gasteiger partial charge on any atom is 0.252 e. The summed E-state index contributed by atoms with van der Waals surface area (Å²) in [5.74, 6) is -0.444. The van der Waals surface area contributed by atoms with Gasteiger partial charge in [-0.2, -0.15) is 4.31 Å². The Morgan fingerprint density at radius 1 is 1.19 bits per heavy atom. The highest BCUT2D eigenvalue weighted by atomic mass is 32.2. The first kappa shape index (κ1) is 19.1. The lowest BCUT2D eigenvalue weighted by Crippen LogP contribution is -2.43. The summed E-state index contributed by atoms with van der Waals surface area (Å²) in [5, 5.41) is 2.98. The highest BCUT2D eigenvalue weighted by Crippen LogP contribution is 2.29. The number of hydrogen-bond acceptors (Lipinski definition) is 4. The zero-order valence-corrected chi connectivity index (χ0v) is 16.9. The molecule has 26 heavy (non-hydrogen) atoms. The number of benzene rings is 1. The minimum atomic E-state index is -3.52. The van der Waals surface area contributed by atoms with Crippen molar-refractivity contribution in [2.75, 3.05) is 18.4 Å². The van der Waals surface area contributed by atoms with E-state index in [1.807, 2.05) is 45.0 Å². The molecule has 2 aromatic rings. The second-order valence-corrected chi connectivity index (χ2v) is 10.3. The molecular formula is C19H24N2O3S2. The Balaban J connectivity index is 1.74. The summed E-state index contributed by atoms with van der Waals surface area (Å²) in [4.78, 5) is 13.7. The van der Waals surface area contributed by atoms with Crippen LogP contribution in [0.25, 0.3) is 0 Å². The minimum Gasteiger partial charge on any atom is -0.326 e. The maximum absolute atomic E-state index is 12.8. The Bertz CT molecular complexity index is 919. The molecule has 1 aromatic heterocycles. The van der Waals surface area contributed by atoms with E-state index >= 15 is 0 Å². The molecule has 0 radical (unpaired) electrons. The van der Waals surface area contributed by atoms with E-state index in [9.17, 15) is 13.2 Å². The molecule has 5 nitrogen and oxygen atoms in total. The molecule has 1 amide bonds. The van der Waals surface area contributed by atoms with Gasteiger partial charge in [-0.3, -0.25) is 4.79 Å². The number of sulfonamides is 1. The van der Waals surface area contributed by atoms with E-state index in [0.717, 1.165) is 21.7 Å². The van der Waals surface area contributed by atoms with Crippen molar-refractivity contribution in [1.82, 2.24) is 4.31 Å². The predicted molar refractivity (Wildman–Crippen MR) is 105 cm³/mol. The lowest BCUT2D eigenvalue weighted by molar-refractivity contribution is -0.120. The molecule has 1 atom stereocenters. The fourth-order valence-electron chi connectivity index (χ4n) is 3.17. The molecular weight excluding hydrogens is 368 g/mol. The standard InChI is InChI=1S/C19H24N2O3S2/c1-13-6-4-8-17(15(13)3)20-19(22)16-7-5-11-21(12-16)26(23,24)18-10-9-14(2)25-18/h4,6,8-10,16H,5,7,11-12H2,1-3H3,(H,20,22). The number of thiophene rings is 1. The fraction of sp³-hybridized carbons (Fsp3) is 0.421. The molecule has 7 heteroatoms. The third-order valence-electron chi connectivity index (χ3n) is 4.93.